The molecular formula is C20H20N2O4S. The van der Waals surface area contributed by atoms with Gasteiger partial charge in [-0.2, -0.15) is 0 Å². The molecule has 0 saturated carbocycles. The van der Waals surface area contributed by atoms with E-state index in [-0.39, 0.29) is 11.4 Å². The van der Waals surface area contributed by atoms with Gasteiger partial charge in [0.1, 0.15) is 11.5 Å². The molecule has 0 radical (unpaired) electrons. The van der Waals surface area contributed by atoms with Crippen molar-refractivity contribution in [1.82, 2.24) is 9.71 Å². The van der Waals surface area contributed by atoms with Crippen molar-refractivity contribution in [1.29, 1.82) is 0 Å². The van der Waals surface area contributed by atoms with Crippen LogP contribution in [0.15, 0.2) is 77.8 Å². The van der Waals surface area contributed by atoms with Gasteiger partial charge >= 0.3 is 0 Å². The van der Waals surface area contributed by atoms with Crippen molar-refractivity contribution in [3.63, 3.8) is 0 Å². The minimum atomic E-state index is -3.62. The zero-order chi connectivity index (χ0) is 19.1. The Morgan fingerprint density at radius 2 is 1.78 bits per heavy atom. The normalized spacial score (nSPS) is 11.1. The van der Waals surface area contributed by atoms with Gasteiger partial charge in [-0.15, -0.1) is 0 Å². The van der Waals surface area contributed by atoms with Crippen LogP contribution in [0.25, 0.3) is 0 Å². The van der Waals surface area contributed by atoms with Crippen molar-refractivity contribution in [3.8, 4) is 17.4 Å². The summed E-state index contributed by atoms with van der Waals surface area (Å²) in [6.45, 7) is 2.55. The quantitative estimate of drug-likeness (QED) is 0.640. The van der Waals surface area contributed by atoms with Crippen LogP contribution in [-0.4, -0.2) is 20.0 Å². The molecule has 0 aliphatic carbocycles. The maximum Gasteiger partial charge on any atom is 0.240 e. The van der Waals surface area contributed by atoms with Gasteiger partial charge < -0.3 is 9.47 Å². The first-order chi connectivity index (χ1) is 13.1. The summed E-state index contributed by atoms with van der Waals surface area (Å²) in [5.74, 6) is 1.70. The van der Waals surface area contributed by atoms with E-state index < -0.39 is 10.0 Å². The first-order valence-corrected chi connectivity index (χ1v) is 9.95. The van der Waals surface area contributed by atoms with Gasteiger partial charge in [-0.05, 0) is 55.0 Å². The Kier molecular flexibility index (Phi) is 6.05. The van der Waals surface area contributed by atoms with E-state index in [2.05, 4.69) is 9.71 Å². The molecule has 2 aromatic carbocycles. The number of hydrogen-bond acceptors (Lipinski definition) is 5. The second-order valence-electron chi connectivity index (χ2n) is 5.65. The van der Waals surface area contributed by atoms with E-state index >= 15 is 0 Å². The number of pyridine rings is 1. The predicted octanol–water partition coefficient (Wildman–Crippen LogP) is 3.75. The summed E-state index contributed by atoms with van der Waals surface area (Å²) in [5, 5.41) is 0. The highest BCUT2D eigenvalue weighted by molar-refractivity contribution is 7.89. The average molecular weight is 384 g/mol. The molecule has 0 spiro atoms. The van der Waals surface area contributed by atoms with Crippen molar-refractivity contribution >= 4 is 10.0 Å². The molecule has 0 aliphatic heterocycles. The summed E-state index contributed by atoms with van der Waals surface area (Å²) in [6, 6.07) is 18.9. The van der Waals surface area contributed by atoms with Crippen molar-refractivity contribution in [2.45, 2.75) is 18.4 Å². The summed E-state index contributed by atoms with van der Waals surface area (Å²) < 4.78 is 38.5. The monoisotopic (exact) mass is 384 g/mol. The number of rotatable bonds is 8. The zero-order valence-electron chi connectivity index (χ0n) is 14.8. The van der Waals surface area contributed by atoms with Crippen LogP contribution in [0.2, 0.25) is 0 Å². The molecular weight excluding hydrogens is 364 g/mol. The maximum atomic E-state index is 12.5. The van der Waals surface area contributed by atoms with Gasteiger partial charge in [0.05, 0.1) is 11.5 Å². The average Bonchev–Trinajstić information content (AvgIpc) is 2.68. The number of ether oxygens (including phenoxy) is 2. The Labute approximate surface area is 158 Å². The first kappa shape index (κ1) is 18.9. The minimum absolute atomic E-state index is 0.148. The summed E-state index contributed by atoms with van der Waals surface area (Å²) in [4.78, 5) is 4.29. The van der Waals surface area contributed by atoms with E-state index in [1.165, 1.54) is 12.1 Å². The van der Waals surface area contributed by atoms with E-state index in [1.807, 2.05) is 19.1 Å². The fraction of sp³-hybridized carbons (Fsp3) is 0.150. The molecule has 0 saturated heterocycles. The van der Waals surface area contributed by atoms with E-state index in [4.69, 9.17) is 9.47 Å². The summed E-state index contributed by atoms with van der Waals surface area (Å²) >= 11 is 0. The van der Waals surface area contributed by atoms with Gasteiger partial charge in [-0.1, -0.05) is 18.2 Å². The third-order valence-electron chi connectivity index (χ3n) is 3.67. The number of benzene rings is 2. The molecule has 6 nitrogen and oxygen atoms in total. The molecule has 7 heteroatoms. The molecule has 0 fully saturated rings. The van der Waals surface area contributed by atoms with Crippen LogP contribution >= 0.6 is 0 Å². The highest BCUT2D eigenvalue weighted by Crippen LogP contribution is 2.21. The van der Waals surface area contributed by atoms with Gasteiger partial charge in [0.25, 0.3) is 0 Å². The van der Waals surface area contributed by atoms with Crippen LogP contribution in [0.3, 0.4) is 0 Å². The highest BCUT2D eigenvalue weighted by Gasteiger charge is 2.14. The van der Waals surface area contributed by atoms with E-state index in [0.29, 0.717) is 24.0 Å². The minimum Gasteiger partial charge on any atom is -0.494 e. The SMILES string of the molecule is CCOc1ccc(S(=O)(=O)NCc2cccc(Oc3ccccn3)c2)cc1. The summed E-state index contributed by atoms with van der Waals surface area (Å²) in [5.41, 5.74) is 0.776. The topological polar surface area (TPSA) is 77.5 Å². The van der Waals surface area contributed by atoms with Crippen LogP contribution in [0, 0.1) is 0 Å². The number of nitrogens with zero attached hydrogens (tertiary/aromatic N) is 1. The molecule has 0 bridgehead atoms. The van der Waals surface area contributed by atoms with Gasteiger partial charge in [0.2, 0.25) is 15.9 Å². The lowest BCUT2D eigenvalue weighted by atomic mass is 10.2. The fourth-order valence-electron chi connectivity index (χ4n) is 2.39. The Balaban J connectivity index is 1.66. The molecule has 140 valence electrons. The van der Waals surface area contributed by atoms with E-state index in [9.17, 15) is 8.42 Å². The predicted molar refractivity (Wildman–Crippen MR) is 102 cm³/mol. The maximum absolute atomic E-state index is 12.5. The molecule has 1 aromatic heterocycles. The first-order valence-electron chi connectivity index (χ1n) is 8.47. The molecule has 3 rings (SSSR count). The van der Waals surface area contributed by atoms with Gasteiger partial charge in [0, 0.05) is 18.8 Å². The molecule has 0 amide bonds. The lowest BCUT2D eigenvalue weighted by molar-refractivity contribution is 0.340. The Bertz CT molecular complexity index is 974. The van der Waals surface area contributed by atoms with Crippen molar-refractivity contribution in [2.75, 3.05) is 6.61 Å². The highest BCUT2D eigenvalue weighted by atomic mass is 32.2. The van der Waals surface area contributed by atoms with Crippen molar-refractivity contribution in [2.24, 2.45) is 0 Å². The standard InChI is InChI=1S/C20H20N2O4S/c1-2-25-17-9-11-19(12-10-17)27(23,24)22-15-16-6-5-7-18(14-16)26-20-8-3-4-13-21-20/h3-14,22H,2,15H2,1H3. The zero-order valence-corrected chi connectivity index (χ0v) is 15.6. The second kappa shape index (κ2) is 8.66. The summed E-state index contributed by atoms with van der Waals surface area (Å²) in [7, 11) is -3.62. The Morgan fingerprint density at radius 1 is 0.963 bits per heavy atom. The van der Waals surface area contributed by atoms with Crippen molar-refractivity contribution < 1.29 is 17.9 Å². The largest absolute Gasteiger partial charge is 0.494 e. The molecule has 3 aromatic rings. The summed E-state index contributed by atoms with van der Waals surface area (Å²) in [6.07, 6.45) is 1.64. The molecule has 1 heterocycles. The van der Waals surface area contributed by atoms with Gasteiger partial charge in [0.15, 0.2) is 0 Å². The Morgan fingerprint density at radius 3 is 2.48 bits per heavy atom. The van der Waals surface area contributed by atoms with Crippen molar-refractivity contribution in [3.05, 3.63) is 78.5 Å². The molecule has 0 unspecified atom stereocenters. The lowest BCUT2D eigenvalue weighted by Crippen LogP contribution is -2.23. The van der Waals surface area contributed by atoms with Gasteiger partial charge in [-0.3, -0.25) is 0 Å². The molecule has 0 atom stereocenters. The smallest absolute Gasteiger partial charge is 0.240 e. The third kappa shape index (κ3) is 5.29. The molecule has 27 heavy (non-hydrogen) atoms. The van der Waals surface area contributed by atoms with Crippen LogP contribution < -0.4 is 14.2 Å². The van der Waals surface area contributed by atoms with Crippen LogP contribution in [0.4, 0.5) is 0 Å². The van der Waals surface area contributed by atoms with Crippen LogP contribution in [-0.2, 0) is 16.6 Å². The molecule has 1 N–H and O–H groups in total. The second-order valence-corrected chi connectivity index (χ2v) is 7.41. The number of hydrogen-bond donors (Lipinski definition) is 1. The lowest BCUT2D eigenvalue weighted by Gasteiger charge is -2.10. The fourth-order valence-corrected chi connectivity index (χ4v) is 3.41. The van der Waals surface area contributed by atoms with Gasteiger partial charge in [-0.25, -0.2) is 18.1 Å². The third-order valence-corrected chi connectivity index (χ3v) is 5.09. The van der Waals surface area contributed by atoms with Crippen LogP contribution in [0.5, 0.6) is 17.4 Å². The molecule has 0 aliphatic rings. The Hall–Kier alpha value is -2.90. The number of aromatic nitrogens is 1. The number of nitrogens with one attached hydrogen (secondary N) is 1. The van der Waals surface area contributed by atoms with Crippen LogP contribution in [0.1, 0.15) is 12.5 Å². The van der Waals surface area contributed by atoms with E-state index in [0.717, 1.165) is 5.56 Å². The van der Waals surface area contributed by atoms with E-state index in [1.54, 1.807) is 48.7 Å². The number of sulfonamides is 1.